The van der Waals surface area contributed by atoms with Crippen molar-refractivity contribution in [3.05, 3.63) is 34.9 Å². The van der Waals surface area contributed by atoms with Gasteiger partial charge in [-0.15, -0.1) is 0 Å². The highest BCUT2D eigenvalue weighted by Crippen LogP contribution is 2.16. The molecule has 0 radical (unpaired) electrons. The Kier molecular flexibility index (Phi) is 5.25. The SMILES string of the molecule is Cc1cc(C(=O)O[C@@H](C)CN2CCOCC2)c(F)cc1F. The molecule has 21 heavy (non-hydrogen) atoms. The molecule has 1 aromatic rings. The van der Waals surface area contributed by atoms with Crippen LogP contribution in [0, 0.1) is 18.6 Å². The number of morpholine rings is 1. The maximum atomic E-state index is 13.6. The zero-order valence-corrected chi connectivity index (χ0v) is 12.2. The Bertz CT molecular complexity index is 516. The van der Waals surface area contributed by atoms with Gasteiger partial charge in [0.1, 0.15) is 17.7 Å². The summed E-state index contributed by atoms with van der Waals surface area (Å²) in [5, 5.41) is 0. The van der Waals surface area contributed by atoms with Crippen LogP contribution in [-0.2, 0) is 9.47 Å². The number of hydrogen-bond donors (Lipinski definition) is 0. The fourth-order valence-corrected chi connectivity index (χ4v) is 2.24. The quantitative estimate of drug-likeness (QED) is 0.799. The van der Waals surface area contributed by atoms with Crippen LogP contribution in [0.5, 0.6) is 0 Å². The predicted molar refractivity (Wildman–Crippen MR) is 73.2 cm³/mol. The molecular weight excluding hydrogens is 280 g/mol. The minimum atomic E-state index is -0.901. The van der Waals surface area contributed by atoms with E-state index in [1.165, 1.54) is 13.0 Å². The minimum absolute atomic E-state index is 0.212. The summed E-state index contributed by atoms with van der Waals surface area (Å²) in [6.45, 7) is 6.68. The van der Waals surface area contributed by atoms with Gasteiger partial charge in [0.2, 0.25) is 0 Å². The summed E-state index contributed by atoms with van der Waals surface area (Å²) >= 11 is 0. The smallest absolute Gasteiger partial charge is 0.341 e. The molecule has 0 N–H and O–H groups in total. The fourth-order valence-electron chi connectivity index (χ4n) is 2.24. The Morgan fingerprint density at radius 2 is 2.00 bits per heavy atom. The van der Waals surface area contributed by atoms with Crippen molar-refractivity contribution >= 4 is 5.97 Å². The number of aryl methyl sites for hydroxylation is 1. The Labute approximate surface area is 122 Å². The number of esters is 1. The van der Waals surface area contributed by atoms with Gasteiger partial charge in [-0.25, -0.2) is 13.6 Å². The minimum Gasteiger partial charge on any atom is -0.458 e. The first-order valence-corrected chi connectivity index (χ1v) is 6.94. The van der Waals surface area contributed by atoms with E-state index in [9.17, 15) is 13.6 Å². The molecule has 1 aliphatic heterocycles. The van der Waals surface area contributed by atoms with Gasteiger partial charge in [-0.3, -0.25) is 4.90 Å². The largest absolute Gasteiger partial charge is 0.458 e. The lowest BCUT2D eigenvalue weighted by Crippen LogP contribution is -2.41. The van der Waals surface area contributed by atoms with Gasteiger partial charge in [-0.1, -0.05) is 0 Å². The number of ether oxygens (including phenoxy) is 2. The van der Waals surface area contributed by atoms with Gasteiger partial charge < -0.3 is 9.47 Å². The summed E-state index contributed by atoms with van der Waals surface area (Å²) in [5.41, 5.74) is -0.0214. The summed E-state index contributed by atoms with van der Waals surface area (Å²) < 4.78 is 37.3. The highest BCUT2D eigenvalue weighted by atomic mass is 19.1. The number of nitrogens with zero attached hydrogens (tertiary/aromatic N) is 1. The molecule has 1 aliphatic rings. The molecule has 116 valence electrons. The second kappa shape index (κ2) is 6.95. The number of benzene rings is 1. The van der Waals surface area contributed by atoms with E-state index in [0.29, 0.717) is 25.8 Å². The first-order chi connectivity index (χ1) is 9.97. The van der Waals surface area contributed by atoms with E-state index in [4.69, 9.17) is 9.47 Å². The molecule has 1 saturated heterocycles. The normalized spacial score (nSPS) is 17.5. The highest BCUT2D eigenvalue weighted by Gasteiger charge is 2.20. The lowest BCUT2D eigenvalue weighted by Gasteiger charge is -2.28. The van der Waals surface area contributed by atoms with Gasteiger partial charge in [0.05, 0.1) is 18.8 Å². The highest BCUT2D eigenvalue weighted by molar-refractivity contribution is 5.90. The third kappa shape index (κ3) is 4.22. The average molecular weight is 299 g/mol. The Morgan fingerprint density at radius 3 is 2.67 bits per heavy atom. The topological polar surface area (TPSA) is 38.8 Å². The van der Waals surface area contributed by atoms with Crippen LogP contribution in [0.15, 0.2) is 12.1 Å². The Balaban J connectivity index is 1.95. The number of halogens is 2. The molecule has 0 saturated carbocycles. The standard InChI is InChI=1S/C15H19F2NO3/c1-10-7-12(14(17)8-13(10)16)15(19)21-11(2)9-18-3-5-20-6-4-18/h7-8,11H,3-6,9H2,1-2H3/t11-/m0/s1. The molecule has 0 spiro atoms. The molecule has 0 aliphatic carbocycles. The van der Waals surface area contributed by atoms with E-state index >= 15 is 0 Å². The molecule has 0 amide bonds. The maximum absolute atomic E-state index is 13.6. The molecule has 0 bridgehead atoms. The lowest BCUT2D eigenvalue weighted by atomic mass is 10.1. The maximum Gasteiger partial charge on any atom is 0.341 e. The van der Waals surface area contributed by atoms with Crippen LogP contribution in [0.25, 0.3) is 0 Å². The first-order valence-electron chi connectivity index (χ1n) is 6.94. The number of carbonyl (C=O) groups excluding carboxylic acids is 1. The zero-order chi connectivity index (χ0) is 15.4. The van der Waals surface area contributed by atoms with Crippen LogP contribution in [0.2, 0.25) is 0 Å². The molecule has 1 heterocycles. The van der Waals surface area contributed by atoms with Gasteiger partial charge in [-0.2, -0.15) is 0 Å². The Morgan fingerprint density at radius 1 is 1.33 bits per heavy atom. The van der Waals surface area contributed by atoms with Gasteiger partial charge in [0.15, 0.2) is 0 Å². The monoisotopic (exact) mass is 299 g/mol. The zero-order valence-electron chi connectivity index (χ0n) is 12.2. The molecule has 0 aromatic heterocycles. The predicted octanol–water partition coefficient (Wildman–Crippen LogP) is 2.15. The van der Waals surface area contributed by atoms with Crippen LogP contribution in [0.1, 0.15) is 22.8 Å². The van der Waals surface area contributed by atoms with Crippen LogP contribution < -0.4 is 0 Å². The van der Waals surface area contributed by atoms with Crippen molar-refractivity contribution in [2.24, 2.45) is 0 Å². The molecule has 0 unspecified atom stereocenters. The van der Waals surface area contributed by atoms with Gasteiger partial charge in [0.25, 0.3) is 0 Å². The second-order valence-electron chi connectivity index (χ2n) is 5.21. The third-order valence-electron chi connectivity index (χ3n) is 3.40. The summed E-state index contributed by atoms with van der Waals surface area (Å²) in [6.07, 6.45) is -0.375. The van der Waals surface area contributed by atoms with Gasteiger partial charge in [-0.05, 0) is 25.5 Å². The molecule has 6 heteroatoms. The van der Waals surface area contributed by atoms with Crippen molar-refractivity contribution in [3.8, 4) is 0 Å². The van der Waals surface area contributed by atoms with Crippen LogP contribution in [-0.4, -0.2) is 49.8 Å². The van der Waals surface area contributed by atoms with E-state index in [1.807, 2.05) is 0 Å². The van der Waals surface area contributed by atoms with E-state index in [1.54, 1.807) is 6.92 Å². The van der Waals surface area contributed by atoms with Crippen molar-refractivity contribution in [1.82, 2.24) is 4.90 Å². The number of carbonyl (C=O) groups is 1. The summed E-state index contributed by atoms with van der Waals surface area (Å²) in [5.74, 6) is -2.34. The summed E-state index contributed by atoms with van der Waals surface area (Å²) in [6, 6.07) is 1.88. The molecular formula is C15H19F2NO3. The number of hydrogen-bond acceptors (Lipinski definition) is 4. The first kappa shape index (κ1) is 15.9. The van der Waals surface area contributed by atoms with Gasteiger partial charge >= 0.3 is 5.97 Å². The Hall–Kier alpha value is -1.53. The summed E-state index contributed by atoms with van der Waals surface area (Å²) in [4.78, 5) is 14.1. The van der Waals surface area contributed by atoms with Crippen molar-refractivity contribution in [2.45, 2.75) is 20.0 Å². The lowest BCUT2D eigenvalue weighted by molar-refractivity contribution is 0.000203. The van der Waals surface area contributed by atoms with E-state index in [0.717, 1.165) is 13.1 Å². The molecule has 1 fully saturated rings. The van der Waals surface area contributed by atoms with Crippen molar-refractivity contribution in [2.75, 3.05) is 32.8 Å². The molecule has 1 aromatic carbocycles. The van der Waals surface area contributed by atoms with Crippen molar-refractivity contribution in [1.29, 1.82) is 0 Å². The fraction of sp³-hybridized carbons (Fsp3) is 0.533. The third-order valence-corrected chi connectivity index (χ3v) is 3.40. The van der Waals surface area contributed by atoms with Crippen LogP contribution >= 0.6 is 0 Å². The molecule has 2 rings (SSSR count). The second-order valence-corrected chi connectivity index (χ2v) is 5.21. The number of rotatable bonds is 4. The van der Waals surface area contributed by atoms with Gasteiger partial charge in [0, 0.05) is 25.7 Å². The van der Waals surface area contributed by atoms with Crippen molar-refractivity contribution in [3.63, 3.8) is 0 Å². The van der Waals surface area contributed by atoms with E-state index in [-0.39, 0.29) is 17.2 Å². The van der Waals surface area contributed by atoms with E-state index in [2.05, 4.69) is 4.90 Å². The molecule has 1 atom stereocenters. The van der Waals surface area contributed by atoms with Crippen LogP contribution in [0.4, 0.5) is 8.78 Å². The average Bonchev–Trinajstić information content (AvgIpc) is 2.43. The van der Waals surface area contributed by atoms with E-state index < -0.39 is 17.6 Å². The molecule has 4 nitrogen and oxygen atoms in total. The van der Waals surface area contributed by atoms with Crippen molar-refractivity contribution < 1.29 is 23.0 Å². The summed E-state index contributed by atoms with van der Waals surface area (Å²) in [7, 11) is 0. The van der Waals surface area contributed by atoms with Crippen LogP contribution in [0.3, 0.4) is 0 Å².